The number of nitrogens with zero attached hydrogens (tertiary/aromatic N) is 1. The van der Waals surface area contributed by atoms with Crippen LogP contribution >= 0.6 is 0 Å². The maximum Gasteiger partial charge on any atom is 0.319 e. The number of carboxylic acid groups (broad SMARTS) is 1. The van der Waals surface area contributed by atoms with Crippen molar-refractivity contribution in [2.24, 2.45) is 10.9 Å². The Labute approximate surface area is 160 Å². The summed E-state index contributed by atoms with van der Waals surface area (Å²) in [5, 5.41) is 9.29. The largest absolute Gasteiger partial charge is 0.480 e. The monoisotopic (exact) mass is 393 g/mol. The van der Waals surface area contributed by atoms with E-state index in [0.29, 0.717) is 32.5 Å². The quantitative estimate of drug-likeness (QED) is 0.456. The van der Waals surface area contributed by atoms with Gasteiger partial charge in [0.1, 0.15) is 11.6 Å². The average molecular weight is 393 g/mol. The van der Waals surface area contributed by atoms with Crippen LogP contribution in [0.2, 0.25) is 0 Å². The van der Waals surface area contributed by atoms with E-state index in [1.54, 1.807) is 0 Å². The Balaban J connectivity index is 1.56. The zero-order chi connectivity index (χ0) is 19.9. The predicted molar refractivity (Wildman–Crippen MR) is 94.6 cm³/mol. The third kappa shape index (κ3) is 3.71. The average Bonchev–Trinajstić information content (AvgIpc) is 3.22. The van der Waals surface area contributed by atoms with Crippen LogP contribution in [-0.2, 0) is 14.3 Å². The van der Waals surface area contributed by atoms with Gasteiger partial charge in [0, 0.05) is 25.1 Å². The first-order valence-electron chi connectivity index (χ1n) is 9.46. The summed E-state index contributed by atoms with van der Waals surface area (Å²) in [6, 6.07) is 1.82. The molecule has 1 aromatic rings. The van der Waals surface area contributed by atoms with Crippen LogP contribution in [0.4, 0.5) is 8.78 Å². The minimum atomic E-state index is -1.63. The number of ketones is 1. The highest BCUT2D eigenvalue weighted by molar-refractivity contribution is 6.18. The van der Waals surface area contributed by atoms with E-state index in [1.807, 2.05) is 0 Å². The number of rotatable bonds is 6. The standard InChI is InChI=1S/C20H21F2NO5/c21-16-8-14(18(24)15(19(25)26)10-23-12-1-2-12)17(22)7-13(16)11-3-4-20(9-11)27-5-6-28-20/h7-8,10-12,15H,1-6,9H2,(H,25,26). The smallest absolute Gasteiger partial charge is 0.319 e. The molecule has 28 heavy (non-hydrogen) atoms. The van der Waals surface area contributed by atoms with E-state index in [9.17, 15) is 23.5 Å². The molecule has 3 fully saturated rings. The second-order valence-corrected chi connectivity index (χ2v) is 7.61. The molecule has 4 rings (SSSR count). The lowest BCUT2D eigenvalue weighted by molar-refractivity contribution is -0.151. The number of ether oxygens (including phenoxy) is 2. The van der Waals surface area contributed by atoms with Crippen molar-refractivity contribution in [2.45, 2.75) is 49.9 Å². The Kier molecular flexibility index (Phi) is 5.01. The van der Waals surface area contributed by atoms with Gasteiger partial charge in [-0.25, -0.2) is 8.78 Å². The molecular formula is C20H21F2NO5. The fourth-order valence-corrected chi connectivity index (χ4v) is 3.90. The maximum absolute atomic E-state index is 14.7. The Morgan fingerprint density at radius 3 is 2.54 bits per heavy atom. The zero-order valence-electron chi connectivity index (χ0n) is 15.2. The molecule has 8 heteroatoms. The van der Waals surface area contributed by atoms with Crippen molar-refractivity contribution in [3.8, 4) is 0 Å². The molecule has 1 aliphatic heterocycles. The molecule has 150 valence electrons. The van der Waals surface area contributed by atoms with Gasteiger partial charge in [-0.15, -0.1) is 0 Å². The molecule has 2 unspecified atom stereocenters. The van der Waals surface area contributed by atoms with Gasteiger partial charge < -0.3 is 14.6 Å². The van der Waals surface area contributed by atoms with Gasteiger partial charge in [-0.2, -0.15) is 0 Å². The lowest BCUT2D eigenvalue weighted by atomic mass is 9.92. The van der Waals surface area contributed by atoms with E-state index in [-0.39, 0.29) is 17.5 Å². The molecule has 0 amide bonds. The molecule has 1 N–H and O–H groups in total. The third-order valence-corrected chi connectivity index (χ3v) is 5.58. The van der Waals surface area contributed by atoms with Gasteiger partial charge in [-0.1, -0.05) is 0 Å². The van der Waals surface area contributed by atoms with E-state index in [4.69, 9.17) is 9.47 Å². The van der Waals surface area contributed by atoms with Crippen molar-refractivity contribution >= 4 is 18.0 Å². The number of aliphatic carboxylic acids is 1. The Hall–Kier alpha value is -2.19. The number of hydrogen-bond acceptors (Lipinski definition) is 5. The highest BCUT2D eigenvalue weighted by Gasteiger charge is 2.45. The first-order chi connectivity index (χ1) is 13.4. The van der Waals surface area contributed by atoms with E-state index in [1.165, 1.54) is 0 Å². The lowest BCUT2D eigenvalue weighted by Crippen LogP contribution is -2.27. The van der Waals surface area contributed by atoms with Crippen molar-refractivity contribution in [2.75, 3.05) is 13.2 Å². The first kappa shape index (κ1) is 19.1. The van der Waals surface area contributed by atoms with Gasteiger partial charge in [0.2, 0.25) is 0 Å². The first-order valence-corrected chi connectivity index (χ1v) is 9.46. The Bertz CT molecular complexity index is 830. The zero-order valence-corrected chi connectivity index (χ0v) is 15.2. The maximum atomic E-state index is 14.7. The molecule has 1 spiro atoms. The van der Waals surface area contributed by atoms with Crippen LogP contribution in [0.5, 0.6) is 0 Å². The molecule has 2 aliphatic carbocycles. The number of benzene rings is 1. The summed E-state index contributed by atoms with van der Waals surface area (Å²) in [6.45, 7) is 0.964. The number of carboxylic acids is 1. The van der Waals surface area contributed by atoms with Crippen molar-refractivity contribution in [1.82, 2.24) is 0 Å². The number of carbonyl (C=O) groups is 2. The van der Waals surface area contributed by atoms with E-state index < -0.39 is 40.7 Å². The topological polar surface area (TPSA) is 85.2 Å². The number of aliphatic imine (C=N–C) groups is 1. The molecule has 0 aromatic heterocycles. The van der Waals surface area contributed by atoms with Crippen LogP contribution < -0.4 is 0 Å². The summed E-state index contributed by atoms with van der Waals surface area (Å²) in [5.74, 6) is -6.75. The van der Waals surface area contributed by atoms with Gasteiger partial charge in [0.15, 0.2) is 17.5 Å². The molecule has 1 saturated heterocycles. The van der Waals surface area contributed by atoms with Crippen LogP contribution in [0.1, 0.15) is 53.9 Å². The lowest BCUT2D eigenvalue weighted by Gasteiger charge is -2.22. The summed E-state index contributed by atoms with van der Waals surface area (Å²) in [5.41, 5.74) is -0.416. The van der Waals surface area contributed by atoms with Crippen molar-refractivity contribution in [1.29, 1.82) is 0 Å². The molecule has 1 aromatic carbocycles. The van der Waals surface area contributed by atoms with Crippen LogP contribution in [0.25, 0.3) is 0 Å². The van der Waals surface area contributed by atoms with Gasteiger partial charge in [0.25, 0.3) is 0 Å². The molecule has 0 bridgehead atoms. The van der Waals surface area contributed by atoms with Gasteiger partial charge in [-0.05, 0) is 42.9 Å². The second kappa shape index (κ2) is 7.33. The molecule has 0 radical (unpaired) electrons. The number of Topliss-reactive ketones (excluding diaryl/α,β-unsaturated/α-hetero) is 1. The highest BCUT2D eigenvalue weighted by atomic mass is 19.1. The van der Waals surface area contributed by atoms with Gasteiger partial charge in [-0.3, -0.25) is 14.6 Å². The number of halogens is 2. The Morgan fingerprint density at radius 1 is 1.18 bits per heavy atom. The van der Waals surface area contributed by atoms with Crippen LogP contribution in [0, 0.1) is 17.6 Å². The molecule has 1 heterocycles. The summed E-state index contributed by atoms with van der Waals surface area (Å²) in [6.07, 6.45) is 4.30. The summed E-state index contributed by atoms with van der Waals surface area (Å²) in [4.78, 5) is 27.9. The third-order valence-electron chi connectivity index (χ3n) is 5.58. The fraction of sp³-hybridized carbons (Fsp3) is 0.550. The highest BCUT2D eigenvalue weighted by Crippen LogP contribution is 2.46. The SMILES string of the molecule is O=C(O)C(C=NC1CC1)C(=O)c1cc(F)c(C2CCC3(C2)OCCO3)cc1F. The van der Waals surface area contributed by atoms with Crippen LogP contribution in [0.3, 0.4) is 0 Å². The second-order valence-electron chi connectivity index (χ2n) is 7.61. The summed E-state index contributed by atoms with van der Waals surface area (Å²) >= 11 is 0. The molecule has 2 atom stereocenters. The normalized spacial score (nSPS) is 24.9. The van der Waals surface area contributed by atoms with E-state index >= 15 is 0 Å². The van der Waals surface area contributed by atoms with Crippen molar-refractivity contribution < 1.29 is 33.0 Å². The Morgan fingerprint density at radius 2 is 1.89 bits per heavy atom. The van der Waals surface area contributed by atoms with Gasteiger partial charge >= 0.3 is 5.97 Å². The van der Waals surface area contributed by atoms with E-state index in [2.05, 4.69) is 4.99 Å². The molecule has 3 aliphatic rings. The van der Waals surface area contributed by atoms with Crippen LogP contribution in [0.15, 0.2) is 17.1 Å². The molecular weight excluding hydrogens is 372 g/mol. The predicted octanol–water partition coefficient (Wildman–Crippen LogP) is 3.09. The van der Waals surface area contributed by atoms with Gasteiger partial charge in [0.05, 0.1) is 18.8 Å². The summed E-state index contributed by atoms with van der Waals surface area (Å²) in [7, 11) is 0. The number of carbonyl (C=O) groups excluding carboxylic acids is 1. The summed E-state index contributed by atoms with van der Waals surface area (Å²) < 4.78 is 40.6. The van der Waals surface area contributed by atoms with Crippen LogP contribution in [-0.4, -0.2) is 48.1 Å². The van der Waals surface area contributed by atoms with Crippen molar-refractivity contribution in [3.05, 3.63) is 34.9 Å². The minimum Gasteiger partial charge on any atom is -0.480 e. The fourth-order valence-electron chi connectivity index (χ4n) is 3.90. The van der Waals surface area contributed by atoms with E-state index in [0.717, 1.165) is 31.2 Å². The molecule has 2 saturated carbocycles. The minimum absolute atomic E-state index is 0.0216. The van der Waals surface area contributed by atoms with Crippen molar-refractivity contribution in [3.63, 3.8) is 0 Å². The molecule has 6 nitrogen and oxygen atoms in total. The number of hydrogen-bond donors (Lipinski definition) is 1.